The summed E-state index contributed by atoms with van der Waals surface area (Å²) in [6.07, 6.45) is 1.66. The van der Waals surface area contributed by atoms with E-state index in [1.165, 1.54) is 4.31 Å². The van der Waals surface area contributed by atoms with Crippen LogP contribution in [-0.2, 0) is 15.8 Å². The van der Waals surface area contributed by atoms with E-state index in [1.54, 1.807) is 37.5 Å². The van der Waals surface area contributed by atoms with Gasteiger partial charge in [0.2, 0.25) is 10.0 Å². The van der Waals surface area contributed by atoms with Crippen LogP contribution in [-0.4, -0.2) is 24.8 Å². The van der Waals surface area contributed by atoms with Gasteiger partial charge < -0.3 is 0 Å². The molecule has 1 aromatic heterocycles. The molecule has 2 aromatic carbocycles. The van der Waals surface area contributed by atoms with E-state index in [1.807, 2.05) is 42.5 Å². The number of rotatable bonds is 6. The van der Waals surface area contributed by atoms with Gasteiger partial charge in [-0.1, -0.05) is 65.7 Å². The summed E-state index contributed by atoms with van der Waals surface area (Å²) in [6, 6.07) is 19.2. The number of aromatic nitrogens is 1. The van der Waals surface area contributed by atoms with Crippen molar-refractivity contribution in [3.63, 3.8) is 0 Å². The fraction of sp³-hybridized carbons (Fsp3) is 0.150. The molecule has 4 nitrogen and oxygen atoms in total. The Morgan fingerprint density at radius 3 is 2.30 bits per heavy atom. The topological polar surface area (TPSA) is 50.3 Å². The van der Waals surface area contributed by atoms with Crippen LogP contribution in [0, 0.1) is 0 Å². The van der Waals surface area contributed by atoms with E-state index < -0.39 is 16.1 Å². The first-order valence-corrected chi connectivity index (χ1v) is 10.6. The Morgan fingerprint density at radius 1 is 0.963 bits per heavy atom. The van der Waals surface area contributed by atoms with E-state index in [0.29, 0.717) is 21.3 Å². The lowest BCUT2D eigenvalue weighted by Gasteiger charge is -2.27. The number of nitrogens with zero attached hydrogens (tertiary/aromatic N) is 2. The Kier molecular flexibility index (Phi) is 6.17. The molecule has 0 aliphatic heterocycles. The SMILES string of the molecule is CN(C(c1ccccc1)c1ccccn1)S(=O)(=O)Cc1ccc(Cl)c(Cl)c1. The molecule has 1 atom stereocenters. The van der Waals surface area contributed by atoms with Gasteiger partial charge in [-0.2, -0.15) is 4.31 Å². The maximum Gasteiger partial charge on any atom is 0.218 e. The number of pyridine rings is 1. The average Bonchev–Trinajstić information content (AvgIpc) is 2.66. The molecule has 0 N–H and O–H groups in total. The second kappa shape index (κ2) is 8.40. The van der Waals surface area contributed by atoms with Gasteiger partial charge in [-0.3, -0.25) is 4.98 Å². The van der Waals surface area contributed by atoms with Crippen molar-refractivity contribution in [2.45, 2.75) is 11.8 Å². The van der Waals surface area contributed by atoms with E-state index in [-0.39, 0.29) is 5.75 Å². The lowest BCUT2D eigenvalue weighted by molar-refractivity contribution is 0.411. The summed E-state index contributed by atoms with van der Waals surface area (Å²) in [5, 5.41) is 0.721. The van der Waals surface area contributed by atoms with Gasteiger partial charge >= 0.3 is 0 Å². The zero-order valence-electron chi connectivity index (χ0n) is 14.6. The number of hydrogen-bond donors (Lipinski definition) is 0. The molecule has 0 spiro atoms. The van der Waals surface area contributed by atoms with E-state index in [4.69, 9.17) is 23.2 Å². The molecule has 0 amide bonds. The molecule has 0 radical (unpaired) electrons. The summed E-state index contributed by atoms with van der Waals surface area (Å²) in [7, 11) is -2.08. The van der Waals surface area contributed by atoms with Gasteiger partial charge in [-0.25, -0.2) is 8.42 Å². The quantitative estimate of drug-likeness (QED) is 0.567. The number of benzene rings is 2. The molecule has 1 unspecified atom stereocenters. The highest BCUT2D eigenvalue weighted by molar-refractivity contribution is 7.88. The first-order valence-electron chi connectivity index (χ1n) is 8.24. The number of halogens is 2. The molecule has 7 heteroatoms. The fourth-order valence-corrected chi connectivity index (χ4v) is 4.52. The second-order valence-electron chi connectivity index (χ2n) is 6.09. The van der Waals surface area contributed by atoms with Crippen molar-refractivity contribution in [3.05, 3.63) is 99.8 Å². The van der Waals surface area contributed by atoms with Crippen molar-refractivity contribution in [1.29, 1.82) is 0 Å². The average molecular weight is 421 g/mol. The highest BCUT2D eigenvalue weighted by Crippen LogP contribution is 2.30. The molecule has 3 aromatic rings. The Morgan fingerprint density at radius 2 is 1.67 bits per heavy atom. The maximum absolute atomic E-state index is 13.1. The molecule has 0 aliphatic rings. The zero-order valence-corrected chi connectivity index (χ0v) is 16.9. The highest BCUT2D eigenvalue weighted by Gasteiger charge is 2.30. The number of hydrogen-bond acceptors (Lipinski definition) is 3. The minimum Gasteiger partial charge on any atom is -0.259 e. The minimum absolute atomic E-state index is 0.184. The molecule has 140 valence electrons. The third-order valence-corrected chi connectivity index (χ3v) is 6.74. The molecular formula is C20H18Cl2N2O2S. The van der Waals surface area contributed by atoms with Crippen LogP contribution in [0.1, 0.15) is 22.9 Å². The van der Waals surface area contributed by atoms with Crippen LogP contribution in [0.3, 0.4) is 0 Å². The van der Waals surface area contributed by atoms with Crippen molar-refractivity contribution >= 4 is 33.2 Å². The van der Waals surface area contributed by atoms with E-state index in [0.717, 1.165) is 5.56 Å². The molecular weight excluding hydrogens is 403 g/mol. The molecule has 3 rings (SSSR count). The summed E-state index contributed by atoms with van der Waals surface area (Å²) in [4.78, 5) is 4.38. The van der Waals surface area contributed by atoms with Crippen molar-refractivity contribution in [2.24, 2.45) is 0 Å². The monoisotopic (exact) mass is 420 g/mol. The summed E-state index contributed by atoms with van der Waals surface area (Å²) >= 11 is 12.0. The Bertz CT molecular complexity index is 973. The van der Waals surface area contributed by atoms with E-state index in [9.17, 15) is 8.42 Å². The van der Waals surface area contributed by atoms with Gasteiger partial charge in [-0.15, -0.1) is 0 Å². The molecule has 0 bridgehead atoms. The third kappa shape index (κ3) is 4.68. The largest absolute Gasteiger partial charge is 0.259 e. The maximum atomic E-state index is 13.1. The highest BCUT2D eigenvalue weighted by atomic mass is 35.5. The molecule has 0 aliphatic carbocycles. The lowest BCUT2D eigenvalue weighted by atomic mass is 10.0. The zero-order chi connectivity index (χ0) is 19.4. The van der Waals surface area contributed by atoms with Gasteiger partial charge in [0, 0.05) is 13.2 Å². The fourth-order valence-electron chi connectivity index (χ4n) is 2.84. The van der Waals surface area contributed by atoms with Crippen molar-refractivity contribution < 1.29 is 8.42 Å². The standard InChI is InChI=1S/C20H18Cl2N2O2S/c1-24(27(25,26)14-15-10-11-17(21)18(22)13-15)20(16-7-3-2-4-8-16)19-9-5-6-12-23-19/h2-13,20H,14H2,1H3. The van der Waals surface area contributed by atoms with Gasteiger partial charge in [0.05, 0.1) is 27.5 Å². The van der Waals surface area contributed by atoms with Crippen LogP contribution in [0.25, 0.3) is 0 Å². The molecule has 1 heterocycles. The van der Waals surface area contributed by atoms with Crippen LogP contribution in [0.2, 0.25) is 10.0 Å². The Balaban J connectivity index is 1.97. The van der Waals surface area contributed by atoms with Crippen LogP contribution in [0.4, 0.5) is 0 Å². The van der Waals surface area contributed by atoms with Crippen molar-refractivity contribution in [1.82, 2.24) is 9.29 Å². The van der Waals surface area contributed by atoms with Crippen molar-refractivity contribution in [3.8, 4) is 0 Å². The first-order chi connectivity index (χ1) is 12.9. The van der Waals surface area contributed by atoms with Crippen LogP contribution >= 0.6 is 23.2 Å². The molecule has 0 saturated heterocycles. The van der Waals surface area contributed by atoms with Crippen LogP contribution in [0.15, 0.2) is 72.9 Å². The van der Waals surface area contributed by atoms with E-state index >= 15 is 0 Å². The smallest absolute Gasteiger partial charge is 0.218 e. The minimum atomic E-state index is -3.65. The second-order valence-corrected chi connectivity index (χ2v) is 8.93. The van der Waals surface area contributed by atoms with Crippen LogP contribution < -0.4 is 0 Å². The van der Waals surface area contributed by atoms with E-state index in [2.05, 4.69) is 4.98 Å². The Hall–Kier alpha value is -1.92. The van der Waals surface area contributed by atoms with Gasteiger partial charge in [0.1, 0.15) is 0 Å². The predicted octanol–water partition coefficient (Wildman–Crippen LogP) is 4.94. The van der Waals surface area contributed by atoms with Crippen molar-refractivity contribution in [2.75, 3.05) is 7.05 Å². The molecule has 0 saturated carbocycles. The summed E-state index contributed by atoms with van der Waals surface area (Å²) in [6.45, 7) is 0. The van der Waals surface area contributed by atoms with Crippen LogP contribution in [0.5, 0.6) is 0 Å². The van der Waals surface area contributed by atoms with Gasteiger partial charge in [-0.05, 0) is 35.4 Å². The van der Waals surface area contributed by atoms with Gasteiger partial charge in [0.25, 0.3) is 0 Å². The summed E-state index contributed by atoms with van der Waals surface area (Å²) in [5.74, 6) is -0.184. The third-order valence-electron chi connectivity index (χ3n) is 4.22. The normalized spacial score (nSPS) is 12.9. The summed E-state index contributed by atoms with van der Waals surface area (Å²) in [5.41, 5.74) is 2.07. The van der Waals surface area contributed by atoms with Gasteiger partial charge in [0.15, 0.2) is 0 Å². The predicted molar refractivity (Wildman–Crippen MR) is 109 cm³/mol. The Labute approximate surface area is 169 Å². The first kappa shape index (κ1) is 19.8. The lowest BCUT2D eigenvalue weighted by Crippen LogP contribution is -2.33. The molecule has 27 heavy (non-hydrogen) atoms. The molecule has 0 fully saturated rings. The number of sulfonamides is 1. The summed E-state index contributed by atoms with van der Waals surface area (Å²) < 4.78 is 27.6.